The van der Waals surface area contributed by atoms with Gasteiger partial charge in [-0.05, 0) is 19.4 Å². The first kappa shape index (κ1) is 15.2. The zero-order valence-corrected chi connectivity index (χ0v) is 12.9. The number of rotatable bonds is 5. The van der Waals surface area contributed by atoms with Crippen LogP contribution in [-0.4, -0.2) is 29.2 Å². The topological polar surface area (TPSA) is 64.8 Å². The summed E-state index contributed by atoms with van der Waals surface area (Å²) in [5.74, 6) is 0.772. The van der Waals surface area contributed by atoms with E-state index in [0.29, 0.717) is 19.2 Å². The molecule has 3 rings (SSSR count). The lowest BCUT2D eigenvalue weighted by Crippen LogP contribution is -2.33. The summed E-state index contributed by atoms with van der Waals surface area (Å²) in [6.45, 7) is 4.38. The summed E-state index contributed by atoms with van der Waals surface area (Å²) in [5, 5.41) is 11.2. The Bertz CT molecular complexity index is 555. The summed E-state index contributed by atoms with van der Waals surface area (Å²) < 4.78 is 10.9. The molecule has 0 aromatic heterocycles. The van der Waals surface area contributed by atoms with Gasteiger partial charge in [0, 0.05) is 35.8 Å². The van der Waals surface area contributed by atoms with Crippen LogP contribution in [0.15, 0.2) is 12.1 Å². The van der Waals surface area contributed by atoms with Crippen LogP contribution in [0.2, 0.25) is 0 Å². The first-order valence-electron chi connectivity index (χ1n) is 7.93. The van der Waals surface area contributed by atoms with Crippen LogP contribution in [0.5, 0.6) is 5.75 Å². The van der Waals surface area contributed by atoms with Crippen molar-refractivity contribution in [3.05, 3.63) is 33.4 Å². The third-order valence-electron chi connectivity index (χ3n) is 4.60. The first-order chi connectivity index (χ1) is 10.7. The minimum Gasteiger partial charge on any atom is -0.467 e. The maximum Gasteiger partial charge on any atom is 0.270 e. The first-order valence-corrected chi connectivity index (χ1v) is 7.93. The Labute approximate surface area is 130 Å². The molecule has 1 heterocycles. The predicted octanol–water partition coefficient (Wildman–Crippen LogP) is 3.23. The highest BCUT2D eigenvalue weighted by molar-refractivity contribution is 5.50. The Hall–Kier alpha value is -1.66. The number of non-ortho nitro benzene ring substituents is 1. The van der Waals surface area contributed by atoms with Crippen molar-refractivity contribution >= 4 is 5.69 Å². The zero-order valence-electron chi connectivity index (χ0n) is 12.9. The average molecular weight is 306 g/mol. The van der Waals surface area contributed by atoms with E-state index in [1.165, 1.54) is 25.7 Å². The Kier molecular flexibility index (Phi) is 4.59. The number of nitro groups is 1. The fraction of sp³-hybridized carbons (Fsp3) is 0.625. The Morgan fingerprint density at radius 3 is 2.82 bits per heavy atom. The summed E-state index contributed by atoms with van der Waals surface area (Å²) >= 11 is 0. The van der Waals surface area contributed by atoms with Gasteiger partial charge in [0.25, 0.3) is 5.69 Å². The highest BCUT2D eigenvalue weighted by Crippen LogP contribution is 2.34. The summed E-state index contributed by atoms with van der Waals surface area (Å²) in [6.07, 6.45) is 4.99. The molecular formula is C16H22N2O4. The van der Waals surface area contributed by atoms with Crippen LogP contribution in [0.3, 0.4) is 0 Å². The smallest absolute Gasteiger partial charge is 0.270 e. The van der Waals surface area contributed by atoms with E-state index in [0.717, 1.165) is 23.4 Å². The van der Waals surface area contributed by atoms with E-state index >= 15 is 0 Å². The monoisotopic (exact) mass is 306 g/mol. The van der Waals surface area contributed by atoms with Crippen LogP contribution in [0.4, 0.5) is 5.69 Å². The molecule has 120 valence electrons. The maximum atomic E-state index is 11.2. The number of hydrogen-bond donors (Lipinski definition) is 0. The van der Waals surface area contributed by atoms with Crippen molar-refractivity contribution in [2.45, 2.75) is 51.8 Å². The molecule has 0 amide bonds. The molecule has 1 aromatic carbocycles. The van der Waals surface area contributed by atoms with Gasteiger partial charge in [0.05, 0.1) is 11.5 Å². The third kappa shape index (κ3) is 3.08. The minimum absolute atomic E-state index is 0.116. The van der Waals surface area contributed by atoms with Crippen molar-refractivity contribution in [1.82, 2.24) is 4.90 Å². The van der Waals surface area contributed by atoms with Crippen molar-refractivity contribution in [2.75, 3.05) is 13.3 Å². The van der Waals surface area contributed by atoms with Gasteiger partial charge in [0.15, 0.2) is 6.79 Å². The Morgan fingerprint density at radius 2 is 2.14 bits per heavy atom. The van der Waals surface area contributed by atoms with Crippen LogP contribution < -0.4 is 4.74 Å². The largest absolute Gasteiger partial charge is 0.467 e. The Morgan fingerprint density at radius 1 is 1.36 bits per heavy atom. The van der Waals surface area contributed by atoms with E-state index in [-0.39, 0.29) is 17.4 Å². The van der Waals surface area contributed by atoms with Gasteiger partial charge < -0.3 is 9.47 Å². The molecule has 0 bridgehead atoms. The second-order valence-corrected chi connectivity index (χ2v) is 5.96. The van der Waals surface area contributed by atoms with Gasteiger partial charge in [-0.15, -0.1) is 0 Å². The molecule has 0 atom stereocenters. The van der Waals surface area contributed by atoms with E-state index in [1.54, 1.807) is 12.1 Å². The van der Waals surface area contributed by atoms with Crippen LogP contribution in [-0.2, 0) is 17.9 Å². The molecule has 22 heavy (non-hydrogen) atoms. The normalized spacial score (nSPS) is 18.3. The van der Waals surface area contributed by atoms with Crippen molar-refractivity contribution < 1.29 is 14.4 Å². The molecule has 2 aliphatic rings. The zero-order chi connectivity index (χ0) is 15.5. The van der Waals surface area contributed by atoms with Crippen molar-refractivity contribution in [3.8, 4) is 5.75 Å². The van der Waals surface area contributed by atoms with E-state index in [9.17, 15) is 10.1 Å². The molecule has 0 saturated heterocycles. The summed E-state index contributed by atoms with van der Waals surface area (Å²) in [6, 6.07) is 3.80. The van der Waals surface area contributed by atoms with E-state index in [1.807, 2.05) is 0 Å². The lowest BCUT2D eigenvalue weighted by atomic mass is 10.1. The fourth-order valence-corrected chi connectivity index (χ4v) is 3.49. The molecule has 6 nitrogen and oxygen atoms in total. The highest BCUT2D eigenvalue weighted by Gasteiger charge is 2.26. The van der Waals surface area contributed by atoms with Gasteiger partial charge >= 0.3 is 0 Å². The molecule has 0 spiro atoms. The number of nitrogens with zero attached hydrogens (tertiary/aromatic N) is 2. The molecule has 0 unspecified atom stereocenters. The number of hydrogen-bond acceptors (Lipinski definition) is 5. The van der Waals surface area contributed by atoms with Crippen LogP contribution in [0, 0.1) is 10.1 Å². The van der Waals surface area contributed by atoms with Crippen LogP contribution >= 0.6 is 0 Å². The summed E-state index contributed by atoms with van der Waals surface area (Å²) in [4.78, 5) is 13.2. The molecule has 1 aliphatic heterocycles. The second kappa shape index (κ2) is 6.62. The molecule has 6 heteroatoms. The van der Waals surface area contributed by atoms with Gasteiger partial charge in [-0.3, -0.25) is 15.0 Å². The highest BCUT2D eigenvalue weighted by atomic mass is 16.7. The van der Waals surface area contributed by atoms with Crippen LogP contribution in [0.1, 0.15) is 43.7 Å². The summed E-state index contributed by atoms with van der Waals surface area (Å²) in [7, 11) is 0. The SMILES string of the molecule is CCN(Cc1cc([N+](=O)[O-])cc2c1OCOC2)C1CCCC1. The molecule has 1 aromatic rings. The van der Waals surface area contributed by atoms with E-state index < -0.39 is 0 Å². The Balaban J connectivity index is 1.90. The number of benzene rings is 1. The molecule has 1 saturated carbocycles. The number of fused-ring (bicyclic) bond motifs is 1. The summed E-state index contributed by atoms with van der Waals surface area (Å²) in [5.41, 5.74) is 1.80. The fourth-order valence-electron chi connectivity index (χ4n) is 3.49. The lowest BCUT2D eigenvalue weighted by Gasteiger charge is -2.29. The molecule has 1 fully saturated rings. The average Bonchev–Trinajstić information content (AvgIpc) is 3.06. The van der Waals surface area contributed by atoms with Gasteiger partial charge in [0.2, 0.25) is 0 Å². The van der Waals surface area contributed by atoms with E-state index in [2.05, 4.69) is 11.8 Å². The lowest BCUT2D eigenvalue weighted by molar-refractivity contribution is -0.385. The van der Waals surface area contributed by atoms with Crippen molar-refractivity contribution in [2.24, 2.45) is 0 Å². The van der Waals surface area contributed by atoms with Gasteiger partial charge in [-0.2, -0.15) is 0 Å². The van der Waals surface area contributed by atoms with E-state index in [4.69, 9.17) is 9.47 Å². The standard InChI is InChI=1S/C16H22N2O4/c1-2-17(14-5-3-4-6-14)9-12-7-15(18(19)20)8-13-10-21-11-22-16(12)13/h7-8,14H,2-6,9-11H2,1H3. The quantitative estimate of drug-likeness (QED) is 0.617. The van der Waals surface area contributed by atoms with Crippen molar-refractivity contribution in [1.29, 1.82) is 0 Å². The number of nitro benzene ring substituents is 1. The molecular weight excluding hydrogens is 284 g/mol. The second-order valence-electron chi connectivity index (χ2n) is 5.96. The van der Waals surface area contributed by atoms with Gasteiger partial charge in [-0.25, -0.2) is 0 Å². The predicted molar refractivity (Wildman–Crippen MR) is 81.7 cm³/mol. The van der Waals surface area contributed by atoms with Crippen LogP contribution in [0.25, 0.3) is 0 Å². The minimum atomic E-state index is -0.343. The van der Waals surface area contributed by atoms with Gasteiger partial charge in [0.1, 0.15) is 5.75 Å². The molecule has 1 aliphatic carbocycles. The molecule has 0 N–H and O–H groups in total. The third-order valence-corrected chi connectivity index (χ3v) is 4.60. The number of ether oxygens (including phenoxy) is 2. The van der Waals surface area contributed by atoms with Gasteiger partial charge in [-0.1, -0.05) is 19.8 Å². The molecule has 0 radical (unpaired) electrons. The maximum absolute atomic E-state index is 11.2. The van der Waals surface area contributed by atoms with Crippen molar-refractivity contribution in [3.63, 3.8) is 0 Å².